The molecule has 0 aromatic heterocycles. The highest BCUT2D eigenvalue weighted by molar-refractivity contribution is 5.88. The van der Waals surface area contributed by atoms with Crippen molar-refractivity contribution in [3.63, 3.8) is 0 Å². The molecule has 0 rings (SSSR count). The van der Waals surface area contributed by atoms with Crippen LogP contribution in [0.5, 0.6) is 0 Å². The number of carbonyl (C=O) groups excluding carboxylic acids is 2. The molecule has 5 N–H and O–H groups in total. The Morgan fingerprint density at radius 3 is 2.35 bits per heavy atom. The van der Waals surface area contributed by atoms with Crippen molar-refractivity contribution in [3.8, 4) is 0 Å². The van der Waals surface area contributed by atoms with Gasteiger partial charge in [0.2, 0.25) is 6.10 Å². The van der Waals surface area contributed by atoms with E-state index in [1.165, 1.54) is 19.8 Å². The van der Waals surface area contributed by atoms with Gasteiger partial charge < -0.3 is 21.5 Å². The lowest BCUT2D eigenvalue weighted by molar-refractivity contribution is -0.151. The van der Waals surface area contributed by atoms with Crippen LogP contribution < -0.4 is 16.8 Å². The molecule has 0 aliphatic rings. The predicted octanol–water partition coefficient (Wildman–Crippen LogP) is 3.17. The number of hydrogen-bond acceptors (Lipinski definition) is 5. The van der Waals surface area contributed by atoms with Crippen LogP contribution in [0.4, 0.5) is 0 Å². The molecule has 0 heterocycles. The highest BCUT2D eigenvalue weighted by atomic mass is 16.5. The predicted molar refractivity (Wildman–Crippen MR) is 106 cm³/mol. The minimum Gasteiger partial charge on any atom is -0.447 e. The van der Waals surface area contributed by atoms with Crippen LogP contribution in [-0.2, 0) is 14.3 Å². The van der Waals surface area contributed by atoms with E-state index in [0.717, 1.165) is 19.3 Å². The summed E-state index contributed by atoms with van der Waals surface area (Å²) >= 11 is 0. The van der Waals surface area contributed by atoms with E-state index in [9.17, 15) is 9.59 Å². The Labute approximate surface area is 157 Å². The van der Waals surface area contributed by atoms with E-state index in [0.29, 0.717) is 11.3 Å². The number of rotatable bonds is 11. The summed E-state index contributed by atoms with van der Waals surface area (Å²) in [6.45, 7) is 6.99. The molecule has 6 nitrogen and oxygen atoms in total. The summed E-state index contributed by atoms with van der Waals surface area (Å²) in [6.07, 6.45) is 12.7. The number of ether oxygens (including phenoxy) is 1. The fourth-order valence-electron chi connectivity index (χ4n) is 2.25. The minimum absolute atomic E-state index is 0.139. The van der Waals surface area contributed by atoms with E-state index in [-0.39, 0.29) is 5.82 Å². The molecule has 0 bridgehead atoms. The van der Waals surface area contributed by atoms with Gasteiger partial charge >= 0.3 is 5.97 Å². The number of nitrogens with two attached hydrogens (primary N) is 2. The van der Waals surface area contributed by atoms with Gasteiger partial charge in [0, 0.05) is 12.6 Å². The van der Waals surface area contributed by atoms with Crippen LogP contribution in [0.25, 0.3) is 0 Å². The summed E-state index contributed by atoms with van der Waals surface area (Å²) in [4.78, 5) is 23.7. The first-order valence-electron chi connectivity index (χ1n) is 9.04. The number of carbonyl (C=O) groups is 2. The number of unbranched alkanes of at least 4 members (excludes halogenated alkanes) is 3. The molecule has 6 heteroatoms. The molecule has 0 aliphatic heterocycles. The van der Waals surface area contributed by atoms with Crippen LogP contribution in [0.2, 0.25) is 0 Å². The molecule has 0 fully saturated rings. The summed E-state index contributed by atoms with van der Waals surface area (Å²) in [5.74, 6) is -0.928. The zero-order valence-electron chi connectivity index (χ0n) is 16.4. The van der Waals surface area contributed by atoms with E-state index in [1.807, 2.05) is 6.92 Å². The van der Waals surface area contributed by atoms with Gasteiger partial charge in [0.25, 0.3) is 5.91 Å². The Morgan fingerprint density at radius 2 is 1.81 bits per heavy atom. The monoisotopic (exact) mass is 363 g/mol. The van der Waals surface area contributed by atoms with Gasteiger partial charge in [-0.05, 0) is 44.4 Å². The minimum atomic E-state index is -1.06. The van der Waals surface area contributed by atoms with Crippen molar-refractivity contribution in [1.29, 1.82) is 0 Å². The highest BCUT2D eigenvalue weighted by Crippen LogP contribution is 2.11. The van der Waals surface area contributed by atoms with Crippen molar-refractivity contribution in [2.24, 2.45) is 11.5 Å². The maximum atomic E-state index is 12.4. The van der Waals surface area contributed by atoms with Crippen molar-refractivity contribution in [1.82, 2.24) is 5.32 Å². The average molecular weight is 364 g/mol. The lowest BCUT2D eigenvalue weighted by atomic mass is 10.1. The third-order valence-corrected chi connectivity index (χ3v) is 3.58. The van der Waals surface area contributed by atoms with Crippen LogP contribution in [0.15, 0.2) is 47.5 Å². The molecule has 1 amide bonds. The van der Waals surface area contributed by atoms with Crippen molar-refractivity contribution in [2.75, 3.05) is 0 Å². The summed E-state index contributed by atoms with van der Waals surface area (Å²) in [5, 5.41) is 2.54. The molecule has 0 aliphatic carbocycles. The molecular formula is C20H33N3O3. The van der Waals surface area contributed by atoms with Crippen LogP contribution >= 0.6 is 0 Å². The molecule has 26 heavy (non-hydrogen) atoms. The topological polar surface area (TPSA) is 107 Å². The van der Waals surface area contributed by atoms with Gasteiger partial charge in [0.15, 0.2) is 0 Å². The second-order valence-electron chi connectivity index (χ2n) is 5.94. The Bertz CT molecular complexity index is 575. The second-order valence-corrected chi connectivity index (χ2v) is 5.94. The van der Waals surface area contributed by atoms with Gasteiger partial charge in [-0.15, -0.1) is 0 Å². The standard InChI is InChI=1S/C20H33N3O3/c1-5-8-9-10-12-17(21)13-14-18(22)23-20(25)19(26-15(4)24)16(7-3)11-6-2/h6-7,11,13-14,19H,5,8-10,12,21-22H2,1-4H3,(H,23,25)/b11-6-,16-7+,17-13-,18-14+. The molecule has 0 aromatic rings. The van der Waals surface area contributed by atoms with E-state index in [1.54, 1.807) is 37.3 Å². The van der Waals surface area contributed by atoms with Crippen LogP contribution in [0.1, 0.15) is 59.8 Å². The van der Waals surface area contributed by atoms with Crippen LogP contribution in [-0.4, -0.2) is 18.0 Å². The Balaban J connectivity index is 4.92. The smallest absolute Gasteiger partial charge is 0.303 e. The summed E-state index contributed by atoms with van der Waals surface area (Å²) in [7, 11) is 0. The second kappa shape index (κ2) is 13.8. The van der Waals surface area contributed by atoms with Crippen molar-refractivity contribution < 1.29 is 14.3 Å². The SMILES string of the molecule is C/C=C\C(=C/C)C(OC(C)=O)C(=O)N/C(N)=C/C=C(\N)CCCCCC. The third-order valence-electron chi connectivity index (χ3n) is 3.58. The Kier molecular flexibility index (Phi) is 12.4. The Hall–Kier alpha value is -2.50. The average Bonchev–Trinajstić information content (AvgIpc) is 2.59. The van der Waals surface area contributed by atoms with E-state index in [2.05, 4.69) is 12.2 Å². The number of nitrogens with one attached hydrogen (secondary N) is 1. The molecule has 0 saturated carbocycles. The lowest BCUT2D eigenvalue weighted by Crippen LogP contribution is -2.39. The fraction of sp³-hybridized carbons (Fsp3) is 0.500. The molecule has 0 saturated heterocycles. The first-order valence-corrected chi connectivity index (χ1v) is 9.04. The normalized spacial score (nSPS) is 14.4. The highest BCUT2D eigenvalue weighted by Gasteiger charge is 2.24. The number of esters is 1. The van der Waals surface area contributed by atoms with Gasteiger partial charge in [-0.25, -0.2) is 0 Å². The number of allylic oxidation sites excluding steroid dienone is 5. The molecule has 0 spiro atoms. The summed E-state index contributed by atoms with van der Waals surface area (Å²) < 4.78 is 5.13. The summed E-state index contributed by atoms with van der Waals surface area (Å²) in [6, 6.07) is 0. The number of amides is 1. The van der Waals surface area contributed by atoms with Crippen LogP contribution in [0, 0.1) is 0 Å². The lowest BCUT2D eigenvalue weighted by Gasteiger charge is -2.18. The van der Waals surface area contributed by atoms with Crippen molar-refractivity contribution in [3.05, 3.63) is 47.5 Å². The van der Waals surface area contributed by atoms with E-state index >= 15 is 0 Å². The zero-order chi connectivity index (χ0) is 19.9. The summed E-state index contributed by atoms with van der Waals surface area (Å²) in [5.41, 5.74) is 13.0. The molecule has 0 aromatic carbocycles. The maximum absolute atomic E-state index is 12.4. The molecule has 1 unspecified atom stereocenters. The quantitative estimate of drug-likeness (QED) is 0.297. The third kappa shape index (κ3) is 10.4. The van der Waals surface area contributed by atoms with Gasteiger partial charge in [-0.3, -0.25) is 9.59 Å². The zero-order valence-corrected chi connectivity index (χ0v) is 16.4. The van der Waals surface area contributed by atoms with Crippen LogP contribution in [0.3, 0.4) is 0 Å². The fourth-order valence-corrected chi connectivity index (χ4v) is 2.25. The van der Waals surface area contributed by atoms with E-state index in [4.69, 9.17) is 16.2 Å². The molecule has 0 radical (unpaired) electrons. The first-order chi connectivity index (χ1) is 12.3. The molecule has 1 atom stereocenters. The maximum Gasteiger partial charge on any atom is 0.303 e. The van der Waals surface area contributed by atoms with Gasteiger partial charge in [0.1, 0.15) is 5.82 Å². The molecule has 146 valence electrons. The number of hydrogen-bond donors (Lipinski definition) is 3. The van der Waals surface area contributed by atoms with Crippen molar-refractivity contribution in [2.45, 2.75) is 65.9 Å². The Morgan fingerprint density at radius 1 is 1.12 bits per heavy atom. The van der Waals surface area contributed by atoms with Gasteiger partial charge in [-0.2, -0.15) is 0 Å². The van der Waals surface area contributed by atoms with Gasteiger partial charge in [0.05, 0.1) is 0 Å². The largest absolute Gasteiger partial charge is 0.447 e. The van der Waals surface area contributed by atoms with E-state index < -0.39 is 18.0 Å². The molecular weight excluding hydrogens is 330 g/mol. The van der Waals surface area contributed by atoms with Crippen molar-refractivity contribution >= 4 is 11.9 Å². The van der Waals surface area contributed by atoms with Gasteiger partial charge in [-0.1, -0.05) is 44.4 Å². The first kappa shape index (κ1) is 23.5.